The molecule has 1 amide bonds. The molecule has 0 atom stereocenters. The van der Waals surface area contributed by atoms with Gasteiger partial charge in [-0.05, 0) is 13.8 Å². The van der Waals surface area contributed by atoms with Gasteiger partial charge in [-0.1, -0.05) is 15.9 Å². The zero-order valence-corrected chi connectivity index (χ0v) is 7.86. The van der Waals surface area contributed by atoms with Crippen molar-refractivity contribution >= 4 is 21.8 Å². The fourth-order valence-electron chi connectivity index (χ4n) is 0.396. The first kappa shape index (κ1) is 9.91. The van der Waals surface area contributed by atoms with Crippen LogP contribution in [-0.4, -0.2) is 23.3 Å². The van der Waals surface area contributed by atoms with E-state index in [-0.39, 0.29) is 5.91 Å². The molecule has 3 N–H and O–H groups in total. The monoisotopic (exact) mass is 208 g/mol. The Bertz CT molecular complexity index is 119. The van der Waals surface area contributed by atoms with Gasteiger partial charge in [-0.3, -0.25) is 4.79 Å². The van der Waals surface area contributed by atoms with Gasteiger partial charge in [0.1, 0.15) is 0 Å². The summed E-state index contributed by atoms with van der Waals surface area (Å²) < 4.78 is -0.484. The van der Waals surface area contributed by atoms with Crippen LogP contribution < -0.4 is 11.1 Å². The molecule has 0 saturated carbocycles. The standard InChI is InChI=1S/C6H13BrN2O/c1-6(2,7)5(10)9-4-3-8/h3-4,8H2,1-2H3,(H,9,10). The highest BCUT2D eigenvalue weighted by Crippen LogP contribution is 2.14. The Morgan fingerprint density at radius 2 is 2.20 bits per heavy atom. The SMILES string of the molecule is CC(C)(Br)C(=O)NCCN. The van der Waals surface area contributed by atoms with E-state index in [0.29, 0.717) is 13.1 Å². The van der Waals surface area contributed by atoms with E-state index in [4.69, 9.17) is 5.73 Å². The van der Waals surface area contributed by atoms with E-state index in [1.807, 2.05) is 0 Å². The summed E-state index contributed by atoms with van der Waals surface area (Å²) in [5.41, 5.74) is 5.19. The molecule has 0 unspecified atom stereocenters. The van der Waals surface area contributed by atoms with Crippen LogP contribution in [-0.2, 0) is 4.79 Å². The van der Waals surface area contributed by atoms with Crippen molar-refractivity contribution in [1.82, 2.24) is 5.32 Å². The van der Waals surface area contributed by atoms with E-state index in [1.54, 1.807) is 13.8 Å². The lowest BCUT2D eigenvalue weighted by atomic mass is 10.2. The van der Waals surface area contributed by atoms with Crippen LogP contribution in [0.5, 0.6) is 0 Å². The molecule has 3 nitrogen and oxygen atoms in total. The maximum atomic E-state index is 11.0. The van der Waals surface area contributed by atoms with Crippen LogP contribution in [0.1, 0.15) is 13.8 Å². The van der Waals surface area contributed by atoms with Crippen LogP contribution in [0.25, 0.3) is 0 Å². The summed E-state index contributed by atoms with van der Waals surface area (Å²) in [6, 6.07) is 0. The highest BCUT2D eigenvalue weighted by molar-refractivity contribution is 9.10. The van der Waals surface area contributed by atoms with Gasteiger partial charge in [-0.2, -0.15) is 0 Å². The Kier molecular flexibility index (Phi) is 3.89. The number of alkyl halides is 1. The lowest BCUT2D eigenvalue weighted by Gasteiger charge is -2.14. The lowest BCUT2D eigenvalue weighted by Crippen LogP contribution is -2.39. The second kappa shape index (κ2) is 3.93. The maximum Gasteiger partial charge on any atom is 0.236 e. The fourth-order valence-corrected chi connectivity index (χ4v) is 0.536. The molecular weight excluding hydrogens is 196 g/mol. The van der Waals surface area contributed by atoms with E-state index >= 15 is 0 Å². The average molecular weight is 209 g/mol. The number of carbonyl (C=O) groups excluding carboxylic acids is 1. The van der Waals surface area contributed by atoms with Crippen LogP contribution in [0.15, 0.2) is 0 Å². The molecule has 60 valence electrons. The van der Waals surface area contributed by atoms with Crippen LogP contribution in [0.4, 0.5) is 0 Å². The van der Waals surface area contributed by atoms with E-state index in [1.165, 1.54) is 0 Å². The van der Waals surface area contributed by atoms with Gasteiger partial charge in [0.15, 0.2) is 0 Å². The van der Waals surface area contributed by atoms with Crippen molar-refractivity contribution in [2.45, 2.75) is 18.2 Å². The number of hydrogen-bond acceptors (Lipinski definition) is 2. The van der Waals surface area contributed by atoms with Gasteiger partial charge in [-0.25, -0.2) is 0 Å². The van der Waals surface area contributed by atoms with Crippen molar-refractivity contribution in [3.8, 4) is 0 Å². The van der Waals surface area contributed by atoms with E-state index in [2.05, 4.69) is 21.2 Å². The molecule has 0 aromatic rings. The highest BCUT2D eigenvalue weighted by atomic mass is 79.9. The first-order valence-corrected chi connectivity index (χ1v) is 3.95. The number of halogens is 1. The van der Waals surface area contributed by atoms with Gasteiger partial charge in [0.05, 0.1) is 4.32 Å². The second-order valence-corrected chi connectivity index (χ2v) is 4.50. The van der Waals surface area contributed by atoms with Gasteiger partial charge < -0.3 is 11.1 Å². The van der Waals surface area contributed by atoms with Gasteiger partial charge in [-0.15, -0.1) is 0 Å². The molecule has 0 fully saturated rings. The topological polar surface area (TPSA) is 55.1 Å². The van der Waals surface area contributed by atoms with Crippen molar-refractivity contribution in [3.63, 3.8) is 0 Å². The first-order chi connectivity index (χ1) is 4.48. The van der Waals surface area contributed by atoms with Crippen molar-refractivity contribution in [1.29, 1.82) is 0 Å². The van der Waals surface area contributed by atoms with Crippen molar-refractivity contribution < 1.29 is 4.79 Å². The number of amides is 1. The molecule has 0 heterocycles. The smallest absolute Gasteiger partial charge is 0.236 e. The fraction of sp³-hybridized carbons (Fsp3) is 0.833. The maximum absolute atomic E-state index is 11.0. The summed E-state index contributed by atoms with van der Waals surface area (Å²) in [4.78, 5) is 11.0. The quantitative estimate of drug-likeness (QED) is 0.654. The Morgan fingerprint density at radius 1 is 1.70 bits per heavy atom. The summed E-state index contributed by atoms with van der Waals surface area (Å²) in [7, 11) is 0. The van der Waals surface area contributed by atoms with Gasteiger partial charge in [0.2, 0.25) is 5.91 Å². The third kappa shape index (κ3) is 3.85. The molecule has 0 saturated heterocycles. The molecular formula is C6H13BrN2O. The predicted octanol–water partition coefficient (Wildman–Crippen LogP) is 0.235. The van der Waals surface area contributed by atoms with E-state index in [0.717, 1.165) is 0 Å². The van der Waals surface area contributed by atoms with Crippen LogP contribution >= 0.6 is 15.9 Å². The minimum absolute atomic E-state index is 0.0297. The van der Waals surface area contributed by atoms with Crippen LogP contribution in [0, 0.1) is 0 Å². The summed E-state index contributed by atoms with van der Waals surface area (Å²) in [5.74, 6) is -0.0297. The number of carbonyl (C=O) groups is 1. The molecule has 4 heteroatoms. The van der Waals surface area contributed by atoms with Gasteiger partial charge in [0.25, 0.3) is 0 Å². The van der Waals surface area contributed by atoms with E-state index < -0.39 is 4.32 Å². The third-order valence-electron chi connectivity index (χ3n) is 0.970. The lowest BCUT2D eigenvalue weighted by molar-refractivity contribution is -0.122. The van der Waals surface area contributed by atoms with Crippen LogP contribution in [0.2, 0.25) is 0 Å². The number of rotatable bonds is 3. The molecule has 0 aromatic carbocycles. The first-order valence-electron chi connectivity index (χ1n) is 3.15. The Morgan fingerprint density at radius 3 is 2.50 bits per heavy atom. The third-order valence-corrected chi connectivity index (χ3v) is 1.33. The number of nitrogens with two attached hydrogens (primary N) is 1. The van der Waals surface area contributed by atoms with Crippen molar-refractivity contribution in [3.05, 3.63) is 0 Å². The Balaban J connectivity index is 3.64. The molecule has 10 heavy (non-hydrogen) atoms. The normalized spacial score (nSPS) is 11.2. The zero-order valence-electron chi connectivity index (χ0n) is 6.28. The molecule has 0 rings (SSSR count). The van der Waals surface area contributed by atoms with Gasteiger partial charge >= 0.3 is 0 Å². The van der Waals surface area contributed by atoms with Crippen LogP contribution in [0.3, 0.4) is 0 Å². The second-order valence-electron chi connectivity index (χ2n) is 2.52. The minimum atomic E-state index is -0.484. The zero-order chi connectivity index (χ0) is 8.20. The summed E-state index contributed by atoms with van der Waals surface area (Å²) in [5, 5.41) is 2.66. The average Bonchev–Trinajstić information content (AvgIpc) is 1.80. The molecule has 0 bridgehead atoms. The number of nitrogens with one attached hydrogen (secondary N) is 1. The summed E-state index contributed by atoms with van der Waals surface area (Å²) in [6.45, 7) is 4.60. The van der Waals surface area contributed by atoms with Crippen molar-refractivity contribution in [2.75, 3.05) is 13.1 Å². The predicted molar refractivity (Wildman–Crippen MR) is 45.1 cm³/mol. The molecule has 0 spiro atoms. The molecule has 0 aliphatic carbocycles. The van der Waals surface area contributed by atoms with Gasteiger partial charge in [0, 0.05) is 13.1 Å². The Hall–Kier alpha value is -0.0900. The minimum Gasteiger partial charge on any atom is -0.354 e. The molecule has 0 radical (unpaired) electrons. The highest BCUT2D eigenvalue weighted by Gasteiger charge is 2.22. The summed E-state index contributed by atoms with van der Waals surface area (Å²) in [6.07, 6.45) is 0. The molecule has 0 aliphatic rings. The van der Waals surface area contributed by atoms with Crippen molar-refractivity contribution in [2.24, 2.45) is 5.73 Å². The largest absolute Gasteiger partial charge is 0.354 e. The van der Waals surface area contributed by atoms with E-state index in [9.17, 15) is 4.79 Å². The number of hydrogen-bond donors (Lipinski definition) is 2. The molecule has 0 aliphatic heterocycles. The Labute approximate surface area is 69.5 Å². The summed E-state index contributed by atoms with van der Waals surface area (Å²) >= 11 is 3.22. The molecule has 0 aromatic heterocycles.